The molecule has 0 unspecified atom stereocenters. The third kappa shape index (κ3) is 5.04. The van der Waals surface area contributed by atoms with E-state index in [-0.39, 0.29) is 5.97 Å². The molecule has 0 spiro atoms. The maximum atomic E-state index is 12.5. The zero-order chi connectivity index (χ0) is 19.8. The van der Waals surface area contributed by atoms with Gasteiger partial charge in [0, 0.05) is 0 Å². The maximum Gasteiger partial charge on any atom is 0.343 e. The molecule has 0 atom stereocenters. The van der Waals surface area contributed by atoms with E-state index in [0.29, 0.717) is 16.7 Å². The third-order valence-electron chi connectivity index (χ3n) is 6.23. The molecule has 2 heteroatoms. The Hall–Kier alpha value is -2.09. The van der Waals surface area contributed by atoms with Gasteiger partial charge in [0.15, 0.2) is 0 Å². The predicted molar refractivity (Wildman–Crippen MR) is 116 cm³/mol. The zero-order valence-electron chi connectivity index (χ0n) is 17.5. The summed E-state index contributed by atoms with van der Waals surface area (Å²) >= 11 is 0. The number of hydrogen-bond acceptors (Lipinski definition) is 2. The van der Waals surface area contributed by atoms with E-state index in [1.54, 1.807) is 0 Å². The number of rotatable bonds is 8. The van der Waals surface area contributed by atoms with Gasteiger partial charge in [-0.25, -0.2) is 4.79 Å². The monoisotopic (exact) mass is 378 g/mol. The first-order valence-electron chi connectivity index (χ1n) is 11.1. The topological polar surface area (TPSA) is 26.3 Å². The fraction of sp³-hybridized carbons (Fsp3) is 0.500. The van der Waals surface area contributed by atoms with Gasteiger partial charge in [0.2, 0.25) is 0 Å². The van der Waals surface area contributed by atoms with Crippen molar-refractivity contribution in [3.8, 4) is 5.75 Å². The van der Waals surface area contributed by atoms with Gasteiger partial charge in [-0.1, -0.05) is 70.2 Å². The Kier molecular flexibility index (Phi) is 7.30. The van der Waals surface area contributed by atoms with Crippen LogP contribution in [0.1, 0.15) is 93.1 Å². The van der Waals surface area contributed by atoms with Crippen LogP contribution < -0.4 is 4.74 Å². The molecule has 0 saturated heterocycles. The Labute approximate surface area is 170 Å². The van der Waals surface area contributed by atoms with E-state index >= 15 is 0 Å². The number of carbonyl (C=O) groups is 1. The van der Waals surface area contributed by atoms with Crippen LogP contribution in [0.3, 0.4) is 0 Å². The minimum absolute atomic E-state index is 0.282. The molecule has 28 heavy (non-hydrogen) atoms. The highest BCUT2D eigenvalue weighted by molar-refractivity contribution is 5.91. The van der Waals surface area contributed by atoms with Crippen LogP contribution in [0.2, 0.25) is 0 Å². The number of esters is 1. The second-order valence-corrected chi connectivity index (χ2v) is 8.31. The van der Waals surface area contributed by atoms with Gasteiger partial charge in [0.25, 0.3) is 0 Å². The Morgan fingerprint density at radius 3 is 2.18 bits per heavy atom. The average Bonchev–Trinajstić information content (AvgIpc) is 2.74. The van der Waals surface area contributed by atoms with Crippen LogP contribution in [-0.2, 0) is 11.8 Å². The summed E-state index contributed by atoms with van der Waals surface area (Å²) in [6.45, 7) is 4.47. The number of aryl methyl sites for hydroxylation is 1. The molecule has 2 aromatic carbocycles. The van der Waals surface area contributed by atoms with Gasteiger partial charge in [-0.2, -0.15) is 0 Å². The molecule has 1 aliphatic rings. The molecule has 1 saturated carbocycles. The molecule has 2 aromatic rings. The van der Waals surface area contributed by atoms with Crippen LogP contribution in [-0.4, -0.2) is 5.97 Å². The predicted octanol–water partition coefficient (Wildman–Crippen LogP) is 7.25. The van der Waals surface area contributed by atoms with E-state index in [2.05, 4.69) is 26.0 Å². The average molecular weight is 379 g/mol. The smallest absolute Gasteiger partial charge is 0.343 e. The lowest BCUT2D eigenvalue weighted by Gasteiger charge is -2.38. The third-order valence-corrected chi connectivity index (χ3v) is 6.23. The number of unbranched alkanes of at least 4 members (excludes halogenated alkanes) is 1. The van der Waals surface area contributed by atoms with E-state index in [9.17, 15) is 4.79 Å². The number of hydrogen-bond donors (Lipinski definition) is 0. The van der Waals surface area contributed by atoms with Gasteiger partial charge in [0.05, 0.1) is 5.56 Å². The summed E-state index contributed by atoms with van der Waals surface area (Å²) in [4.78, 5) is 12.5. The maximum absolute atomic E-state index is 12.5. The summed E-state index contributed by atoms with van der Waals surface area (Å²) in [5, 5.41) is 0. The Morgan fingerprint density at radius 1 is 0.893 bits per heavy atom. The Bertz CT molecular complexity index is 731. The highest BCUT2D eigenvalue weighted by Crippen LogP contribution is 2.43. The van der Waals surface area contributed by atoms with Crippen molar-refractivity contribution in [2.75, 3.05) is 0 Å². The van der Waals surface area contributed by atoms with E-state index < -0.39 is 0 Å². The van der Waals surface area contributed by atoms with Crippen molar-refractivity contribution in [3.05, 3.63) is 65.2 Å². The highest BCUT2D eigenvalue weighted by atomic mass is 16.5. The molecule has 0 bridgehead atoms. The number of ether oxygens (including phenoxy) is 1. The zero-order valence-corrected chi connectivity index (χ0v) is 17.5. The van der Waals surface area contributed by atoms with Crippen molar-refractivity contribution in [1.82, 2.24) is 0 Å². The lowest BCUT2D eigenvalue weighted by atomic mass is 9.67. The fourth-order valence-electron chi connectivity index (χ4n) is 4.62. The summed E-state index contributed by atoms with van der Waals surface area (Å²) in [5.41, 5.74) is 3.62. The summed E-state index contributed by atoms with van der Waals surface area (Å²) in [6.07, 6.45) is 12.5. The van der Waals surface area contributed by atoms with Gasteiger partial charge in [-0.05, 0) is 72.9 Å². The first-order valence-corrected chi connectivity index (χ1v) is 11.1. The Balaban J connectivity index is 1.65. The number of carbonyl (C=O) groups excluding carboxylic acids is 1. The van der Waals surface area contributed by atoms with Crippen LogP contribution in [0.4, 0.5) is 0 Å². The second kappa shape index (κ2) is 9.91. The molecular formula is C26H34O2. The molecule has 1 fully saturated rings. The van der Waals surface area contributed by atoms with Crippen LogP contribution in [0.15, 0.2) is 48.5 Å². The minimum atomic E-state index is -0.282. The molecule has 0 aliphatic heterocycles. The largest absolute Gasteiger partial charge is 0.423 e. The second-order valence-electron chi connectivity index (χ2n) is 8.31. The summed E-state index contributed by atoms with van der Waals surface area (Å²) < 4.78 is 5.62. The highest BCUT2D eigenvalue weighted by Gasteiger charge is 2.32. The fourth-order valence-corrected chi connectivity index (χ4v) is 4.62. The van der Waals surface area contributed by atoms with Crippen molar-refractivity contribution >= 4 is 5.97 Å². The van der Waals surface area contributed by atoms with Crippen LogP contribution in [0.5, 0.6) is 5.75 Å². The van der Waals surface area contributed by atoms with Crippen molar-refractivity contribution in [3.63, 3.8) is 0 Å². The SMILES string of the molecule is CCCCc1ccc(C(=O)Oc2ccc(C3(CCC)CCCCC3)cc2)cc1. The lowest BCUT2D eigenvalue weighted by molar-refractivity contribution is 0.0734. The standard InChI is InChI=1S/C26H34O2/c1-3-5-9-21-10-12-22(13-11-21)25(27)28-24-16-14-23(15-17-24)26(18-4-2)19-7-6-8-20-26/h10-17H,3-9,18-20H2,1-2H3. The van der Waals surface area contributed by atoms with Crippen molar-refractivity contribution in [2.24, 2.45) is 0 Å². The first-order chi connectivity index (χ1) is 13.7. The van der Waals surface area contributed by atoms with Gasteiger partial charge < -0.3 is 4.74 Å². The molecule has 150 valence electrons. The van der Waals surface area contributed by atoms with Gasteiger partial charge in [-0.15, -0.1) is 0 Å². The lowest BCUT2D eigenvalue weighted by Crippen LogP contribution is -2.28. The quantitative estimate of drug-likeness (QED) is 0.357. The van der Waals surface area contributed by atoms with E-state index in [1.807, 2.05) is 36.4 Å². The summed E-state index contributed by atoms with van der Waals surface area (Å²) in [6, 6.07) is 16.1. The van der Waals surface area contributed by atoms with Gasteiger partial charge >= 0.3 is 5.97 Å². The van der Waals surface area contributed by atoms with E-state index in [1.165, 1.54) is 68.9 Å². The number of benzene rings is 2. The molecule has 1 aliphatic carbocycles. The Morgan fingerprint density at radius 2 is 1.57 bits per heavy atom. The normalized spacial score (nSPS) is 15.9. The van der Waals surface area contributed by atoms with Crippen LogP contribution in [0.25, 0.3) is 0 Å². The van der Waals surface area contributed by atoms with Crippen molar-refractivity contribution < 1.29 is 9.53 Å². The minimum Gasteiger partial charge on any atom is -0.423 e. The first kappa shape index (κ1) is 20.6. The molecule has 0 radical (unpaired) electrons. The van der Waals surface area contributed by atoms with Crippen LogP contribution in [0, 0.1) is 0 Å². The van der Waals surface area contributed by atoms with Gasteiger partial charge in [0.1, 0.15) is 5.75 Å². The molecular weight excluding hydrogens is 344 g/mol. The van der Waals surface area contributed by atoms with Crippen LogP contribution >= 0.6 is 0 Å². The molecule has 3 rings (SSSR count). The molecule has 0 heterocycles. The van der Waals surface area contributed by atoms with Crippen molar-refractivity contribution in [2.45, 2.75) is 83.5 Å². The summed E-state index contributed by atoms with van der Waals surface area (Å²) in [5.74, 6) is 0.349. The van der Waals surface area contributed by atoms with Gasteiger partial charge in [-0.3, -0.25) is 0 Å². The van der Waals surface area contributed by atoms with E-state index in [0.717, 1.165) is 6.42 Å². The summed E-state index contributed by atoms with van der Waals surface area (Å²) in [7, 11) is 0. The van der Waals surface area contributed by atoms with Crippen molar-refractivity contribution in [1.29, 1.82) is 0 Å². The molecule has 0 aromatic heterocycles. The van der Waals surface area contributed by atoms with E-state index in [4.69, 9.17) is 4.74 Å². The molecule has 0 amide bonds. The molecule has 0 N–H and O–H groups in total. The molecule has 2 nitrogen and oxygen atoms in total.